The molecule has 4 heteroatoms. The fraction of sp³-hybridized carbons (Fsp3) is 0.400. The lowest BCUT2D eigenvalue weighted by molar-refractivity contribution is 0.591. The molecule has 2 unspecified atom stereocenters. The Bertz CT molecular complexity index is 629. The molecular weight excluding hydrogens is 326 g/mol. The second kappa shape index (κ2) is 9.07. The van der Waals surface area contributed by atoms with Gasteiger partial charge in [0.25, 0.3) is 0 Å². The summed E-state index contributed by atoms with van der Waals surface area (Å²) < 4.78 is 40.8. The second-order valence-electron chi connectivity index (χ2n) is 5.98. The van der Waals surface area contributed by atoms with Gasteiger partial charge in [0.1, 0.15) is 11.6 Å². The van der Waals surface area contributed by atoms with Crippen LogP contribution in [0.25, 0.3) is 0 Å². The van der Waals surface area contributed by atoms with Crippen molar-refractivity contribution < 1.29 is 13.0 Å². The van der Waals surface area contributed by atoms with Crippen LogP contribution in [0.2, 0.25) is 0 Å². The second-order valence-corrected chi connectivity index (χ2v) is 7.97. The number of rotatable bonds is 8. The molecule has 0 bridgehead atoms. The van der Waals surface area contributed by atoms with Crippen LogP contribution < -0.4 is 0 Å². The van der Waals surface area contributed by atoms with Crippen molar-refractivity contribution >= 4 is 10.8 Å². The summed E-state index contributed by atoms with van der Waals surface area (Å²) in [6, 6.07) is 13.3. The molecule has 0 aliphatic carbocycles. The fourth-order valence-electron chi connectivity index (χ4n) is 2.87. The van der Waals surface area contributed by atoms with Gasteiger partial charge in [-0.2, -0.15) is 0 Å². The van der Waals surface area contributed by atoms with Gasteiger partial charge in [0, 0.05) is 21.3 Å². The Hall–Kier alpha value is -1.55. The van der Waals surface area contributed by atoms with Crippen molar-refractivity contribution in [2.45, 2.75) is 50.0 Å². The van der Waals surface area contributed by atoms with E-state index in [0.29, 0.717) is 36.8 Å². The van der Waals surface area contributed by atoms with Crippen molar-refractivity contribution in [1.82, 2.24) is 0 Å². The Labute approximate surface area is 145 Å². The van der Waals surface area contributed by atoms with Crippen LogP contribution in [0.4, 0.5) is 8.78 Å². The molecule has 0 spiro atoms. The third-order valence-corrected chi connectivity index (χ3v) is 6.69. The van der Waals surface area contributed by atoms with Gasteiger partial charge in [-0.1, -0.05) is 50.2 Å². The van der Waals surface area contributed by atoms with E-state index in [1.807, 2.05) is 13.8 Å². The first kappa shape index (κ1) is 18.8. The summed E-state index contributed by atoms with van der Waals surface area (Å²) in [5.41, 5.74) is 1.19. The van der Waals surface area contributed by atoms with Crippen molar-refractivity contribution in [3.05, 3.63) is 71.3 Å². The van der Waals surface area contributed by atoms with E-state index in [-0.39, 0.29) is 22.1 Å². The maximum absolute atomic E-state index is 13.9. The normalized spacial score (nSPS) is 15.0. The van der Waals surface area contributed by atoms with Gasteiger partial charge in [-0.25, -0.2) is 8.78 Å². The summed E-state index contributed by atoms with van der Waals surface area (Å²) in [6.07, 6.45) is 2.30. The molecule has 0 aromatic heterocycles. The zero-order chi connectivity index (χ0) is 17.5. The molecule has 2 aromatic rings. The molecule has 0 heterocycles. The van der Waals surface area contributed by atoms with Crippen molar-refractivity contribution in [2.24, 2.45) is 0 Å². The molecule has 2 aromatic carbocycles. The highest BCUT2D eigenvalue weighted by molar-refractivity contribution is 7.86. The summed E-state index contributed by atoms with van der Waals surface area (Å²) in [7, 11) is -1.15. The molecule has 0 aliphatic rings. The van der Waals surface area contributed by atoms with Crippen LogP contribution in [0.15, 0.2) is 48.5 Å². The van der Waals surface area contributed by atoms with Crippen LogP contribution >= 0.6 is 0 Å². The highest BCUT2D eigenvalue weighted by Gasteiger charge is 2.25. The summed E-state index contributed by atoms with van der Waals surface area (Å²) in [6.45, 7) is 3.94. The van der Waals surface area contributed by atoms with Gasteiger partial charge in [-0.15, -0.1) is 0 Å². The lowest BCUT2D eigenvalue weighted by atomic mass is 10.1. The molecular formula is C20H24F2OS. The monoisotopic (exact) mass is 350 g/mol. The van der Waals surface area contributed by atoms with Crippen LogP contribution in [0.5, 0.6) is 0 Å². The molecule has 0 saturated heterocycles. The Morgan fingerprint density at radius 2 is 1.17 bits per heavy atom. The predicted molar refractivity (Wildman–Crippen MR) is 96.5 cm³/mol. The number of hydrogen-bond acceptors (Lipinski definition) is 1. The van der Waals surface area contributed by atoms with Gasteiger partial charge in [-0.3, -0.25) is 4.21 Å². The number of benzene rings is 2. The maximum Gasteiger partial charge on any atom is 0.126 e. The molecule has 0 saturated carbocycles. The smallest absolute Gasteiger partial charge is 0.126 e. The van der Waals surface area contributed by atoms with Crippen molar-refractivity contribution in [2.75, 3.05) is 0 Å². The molecule has 0 amide bonds. The summed E-state index contributed by atoms with van der Waals surface area (Å²) >= 11 is 0. The lowest BCUT2D eigenvalue weighted by Crippen LogP contribution is -2.29. The van der Waals surface area contributed by atoms with Gasteiger partial charge in [-0.05, 0) is 48.9 Å². The molecule has 24 heavy (non-hydrogen) atoms. The molecule has 130 valence electrons. The van der Waals surface area contributed by atoms with Crippen LogP contribution in [-0.4, -0.2) is 14.7 Å². The van der Waals surface area contributed by atoms with Crippen LogP contribution in [-0.2, 0) is 23.6 Å². The van der Waals surface area contributed by atoms with Gasteiger partial charge >= 0.3 is 0 Å². The first-order chi connectivity index (χ1) is 11.6. The minimum absolute atomic E-state index is 0.126. The SMILES string of the molecule is CCC(Cc1ccccc1F)S(=O)C(CC)Cc1ccccc1F. The molecule has 0 aliphatic heterocycles. The molecule has 0 fully saturated rings. The number of hydrogen-bond donors (Lipinski definition) is 0. The zero-order valence-corrected chi connectivity index (χ0v) is 15.0. The fourth-order valence-corrected chi connectivity index (χ4v) is 4.76. The minimum Gasteiger partial charge on any atom is -0.259 e. The summed E-state index contributed by atoms with van der Waals surface area (Å²) in [5.74, 6) is -0.509. The molecule has 2 rings (SSSR count). The van der Waals surface area contributed by atoms with E-state index in [0.717, 1.165) is 0 Å². The molecule has 0 N–H and O–H groups in total. The van der Waals surface area contributed by atoms with Crippen LogP contribution in [0.3, 0.4) is 0 Å². The standard InChI is InChI=1S/C20H24F2OS/c1-3-17(13-15-9-5-7-11-19(15)21)24(23)18(4-2)14-16-10-6-8-12-20(16)22/h5-12,17-18H,3-4,13-14H2,1-2H3. The highest BCUT2D eigenvalue weighted by Crippen LogP contribution is 2.21. The first-order valence-corrected chi connectivity index (χ1v) is 9.70. The van der Waals surface area contributed by atoms with E-state index >= 15 is 0 Å². The predicted octanol–water partition coefficient (Wildman–Crippen LogP) is 5.06. The van der Waals surface area contributed by atoms with Gasteiger partial charge in [0.15, 0.2) is 0 Å². The van der Waals surface area contributed by atoms with Gasteiger partial charge in [0.05, 0.1) is 0 Å². The van der Waals surface area contributed by atoms with Gasteiger partial charge < -0.3 is 0 Å². The van der Waals surface area contributed by atoms with E-state index in [2.05, 4.69) is 0 Å². The van der Waals surface area contributed by atoms with Crippen molar-refractivity contribution in [1.29, 1.82) is 0 Å². The lowest BCUT2D eigenvalue weighted by Gasteiger charge is -2.22. The average molecular weight is 350 g/mol. The Kier molecular flexibility index (Phi) is 7.10. The van der Waals surface area contributed by atoms with E-state index < -0.39 is 10.8 Å². The first-order valence-electron chi connectivity index (χ1n) is 8.43. The maximum atomic E-state index is 13.9. The molecule has 0 radical (unpaired) electrons. The Morgan fingerprint density at radius 3 is 1.50 bits per heavy atom. The third kappa shape index (κ3) is 4.73. The zero-order valence-electron chi connectivity index (χ0n) is 14.2. The highest BCUT2D eigenvalue weighted by atomic mass is 32.2. The third-order valence-electron chi connectivity index (χ3n) is 4.38. The average Bonchev–Trinajstić information content (AvgIpc) is 2.60. The van der Waals surface area contributed by atoms with Gasteiger partial charge in [0.2, 0.25) is 0 Å². The van der Waals surface area contributed by atoms with E-state index in [4.69, 9.17) is 0 Å². The minimum atomic E-state index is -1.15. The van der Waals surface area contributed by atoms with E-state index in [9.17, 15) is 13.0 Å². The topological polar surface area (TPSA) is 17.1 Å². The Balaban J connectivity index is 2.13. The number of halogens is 2. The largest absolute Gasteiger partial charge is 0.259 e. The molecule has 2 atom stereocenters. The summed E-state index contributed by atoms with van der Waals surface area (Å²) in [5, 5.41) is -0.253. The van der Waals surface area contributed by atoms with Crippen molar-refractivity contribution in [3.8, 4) is 0 Å². The van der Waals surface area contributed by atoms with E-state index in [1.54, 1.807) is 36.4 Å². The Morgan fingerprint density at radius 1 is 0.792 bits per heavy atom. The van der Waals surface area contributed by atoms with Crippen LogP contribution in [0.1, 0.15) is 37.8 Å². The van der Waals surface area contributed by atoms with Crippen molar-refractivity contribution in [3.63, 3.8) is 0 Å². The van der Waals surface area contributed by atoms with E-state index in [1.165, 1.54) is 12.1 Å². The molecule has 1 nitrogen and oxygen atoms in total. The van der Waals surface area contributed by atoms with Crippen LogP contribution in [0, 0.1) is 11.6 Å². The summed E-state index contributed by atoms with van der Waals surface area (Å²) in [4.78, 5) is 0. The quantitative estimate of drug-likeness (QED) is 0.651.